The number of allylic oxidation sites excluding steroid dienone is 4. The Balaban J connectivity index is 3.83. The average Bonchev–Trinajstić information content (AvgIpc) is 1.07. The maximum atomic E-state index is 12.9. The van der Waals surface area contributed by atoms with Gasteiger partial charge in [-0.15, -0.1) is 0 Å². The van der Waals surface area contributed by atoms with Gasteiger partial charge in [-0.1, -0.05) is 436 Å². The molecular weight excluding hydrogens is 1250 g/mol. The summed E-state index contributed by atoms with van der Waals surface area (Å²) in [4.78, 5) is 36.1. The molecule has 0 aliphatic carbocycles. The Bertz CT molecular complexity index is 1730. The molecule has 2 atom stereocenters. The summed E-state index contributed by atoms with van der Waals surface area (Å²) in [5.74, 6) is -0.765. The number of esters is 2. The Hall–Kier alpha value is -1.51. The monoisotopic (exact) mass is 1430 g/mol. The Labute approximate surface area is 625 Å². The molecule has 0 aliphatic heterocycles. The molecule has 0 fully saturated rings. The number of carbonyl (C=O) groups is 2. The first-order chi connectivity index (χ1) is 49.0. The van der Waals surface area contributed by atoms with E-state index in [1.54, 1.807) is 0 Å². The highest BCUT2D eigenvalue weighted by Crippen LogP contribution is 2.43. The molecule has 0 spiro atoms. The van der Waals surface area contributed by atoms with Crippen LogP contribution in [0.1, 0.15) is 489 Å². The standard InChI is InChI=1S/C90H176NO8P/c1-6-8-10-12-14-16-18-20-22-24-26-28-30-32-34-36-38-40-42-44-45-47-49-51-53-55-57-59-61-63-65-67-69-71-73-75-77-79-81-83-90(93)99-88(87-98-100(94,95)97-85-84-91(3,4)5)86-96-89(92)82-80-78-76-74-72-70-68-66-64-62-60-58-56-54-52-50-48-46-43-41-39-37-35-33-31-29-27-25-23-21-19-17-15-13-11-9-7-2/h24-27,88H,6-23,28-87H2,1-5H3/p+1/b26-24-,27-25-. The zero-order chi connectivity index (χ0) is 72.5. The van der Waals surface area contributed by atoms with E-state index in [0.29, 0.717) is 17.4 Å². The van der Waals surface area contributed by atoms with Gasteiger partial charge in [-0.2, -0.15) is 0 Å². The third-order valence-corrected chi connectivity index (χ3v) is 21.9. The van der Waals surface area contributed by atoms with Gasteiger partial charge in [0.2, 0.25) is 0 Å². The summed E-state index contributed by atoms with van der Waals surface area (Å²) in [5.41, 5.74) is 0. The molecule has 0 aromatic rings. The van der Waals surface area contributed by atoms with Gasteiger partial charge >= 0.3 is 19.8 Å². The third kappa shape index (κ3) is 85.4. The van der Waals surface area contributed by atoms with E-state index in [0.717, 1.165) is 38.5 Å². The van der Waals surface area contributed by atoms with Gasteiger partial charge in [-0.05, 0) is 64.2 Å². The molecule has 2 unspecified atom stereocenters. The Kier molecular flexibility index (Phi) is 80.3. The first-order valence-corrected chi connectivity index (χ1v) is 46.6. The normalized spacial score (nSPS) is 13.0. The maximum Gasteiger partial charge on any atom is 0.472 e. The van der Waals surface area contributed by atoms with Crippen LogP contribution in [0.5, 0.6) is 0 Å². The summed E-state index contributed by atoms with van der Waals surface area (Å²) >= 11 is 0. The summed E-state index contributed by atoms with van der Waals surface area (Å²) in [6, 6.07) is 0. The summed E-state index contributed by atoms with van der Waals surface area (Å²) in [6.45, 7) is 4.53. The second-order valence-electron chi connectivity index (χ2n) is 32.3. The molecule has 1 N–H and O–H groups in total. The van der Waals surface area contributed by atoms with Gasteiger partial charge < -0.3 is 18.9 Å². The molecule has 0 rings (SSSR count). The van der Waals surface area contributed by atoms with E-state index in [9.17, 15) is 19.0 Å². The number of phosphoric ester groups is 1. The molecule has 594 valence electrons. The van der Waals surface area contributed by atoms with Crippen molar-refractivity contribution in [1.29, 1.82) is 0 Å². The summed E-state index contributed by atoms with van der Waals surface area (Å²) in [7, 11) is 1.51. The Morgan fingerprint density at radius 1 is 0.300 bits per heavy atom. The minimum absolute atomic E-state index is 0.0366. The van der Waals surface area contributed by atoms with Crippen LogP contribution in [0.3, 0.4) is 0 Å². The minimum atomic E-state index is -4.39. The van der Waals surface area contributed by atoms with E-state index in [1.807, 2.05) is 21.1 Å². The van der Waals surface area contributed by atoms with Gasteiger partial charge in [-0.3, -0.25) is 18.6 Å². The summed E-state index contributed by atoms with van der Waals surface area (Å²) in [5, 5.41) is 0. The lowest BCUT2D eigenvalue weighted by atomic mass is 10.0. The zero-order valence-electron chi connectivity index (χ0n) is 68.2. The molecule has 0 saturated heterocycles. The maximum absolute atomic E-state index is 12.9. The van der Waals surface area contributed by atoms with Gasteiger partial charge in [0.1, 0.15) is 19.8 Å². The molecule has 9 nitrogen and oxygen atoms in total. The lowest BCUT2D eigenvalue weighted by Gasteiger charge is -2.24. The van der Waals surface area contributed by atoms with Crippen molar-refractivity contribution in [3.8, 4) is 0 Å². The van der Waals surface area contributed by atoms with Gasteiger partial charge in [0.25, 0.3) is 0 Å². The van der Waals surface area contributed by atoms with Gasteiger partial charge in [0, 0.05) is 12.8 Å². The van der Waals surface area contributed by atoms with E-state index >= 15 is 0 Å². The Morgan fingerprint density at radius 3 is 0.740 bits per heavy atom. The predicted octanol–water partition coefficient (Wildman–Crippen LogP) is 30.3. The first kappa shape index (κ1) is 98.5. The molecule has 0 aliphatic rings. The second-order valence-corrected chi connectivity index (χ2v) is 33.8. The first-order valence-electron chi connectivity index (χ1n) is 45.1. The van der Waals surface area contributed by atoms with Crippen LogP contribution in [-0.2, 0) is 32.7 Å². The van der Waals surface area contributed by atoms with Crippen LogP contribution < -0.4 is 0 Å². The van der Waals surface area contributed by atoms with Crippen molar-refractivity contribution in [2.45, 2.75) is 495 Å². The number of carbonyl (C=O) groups excluding carboxylic acids is 2. The van der Waals surface area contributed by atoms with Crippen molar-refractivity contribution in [2.75, 3.05) is 47.5 Å². The quantitative estimate of drug-likeness (QED) is 0.0211. The van der Waals surface area contributed by atoms with Crippen molar-refractivity contribution in [3.05, 3.63) is 24.3 Å². The van der Waals surface area contributed by atoms with Gasteiger partial charge in [0.15, 0.2) is 6.10 Å². The number of hydrogen-bond acceptors (Lipinski definition) is 7. The largest absolute Gasteiger partial charge is 0.472 e. The number of ether oxygens (including phenoxy) is 2. The predicted molar refractivity (Wildman–Crippen MR) is 437 cm³/mol. The molecule has 10 heteroatoms. The molecule has 0 heterocycles. The number of hydrogen-bond donors (Lipinski definition) is 1. The van der Waals surface area contributed by atoms with Crippen LogP contribution in [0, 0.1) is 0 Å². The average molecular weight is 1430 g/mol. The molecular formula is C90H177NO8P+. The lowest BCUT2D eigenvalue weighted by molar-refractivity contribution is -0.870. The topological polar surface area (TPSA) is 108 Å². The highest BCUT2D eigenvalue weighted by Gasteiger charge is 2.27. The van der Waals surface area contributed by atoms with Crippen LogP contribution in [0.4, 0.5) is 0 Å². The molecule has 0 bridgehead atoms. The molecule has 0 aromatic carbocycles. The van der Waals surface area contributed by atoms with Crippen LogP contribution >= 0.6 is 7.82 Å². The number of unbranched alkanes of at least 4 members (excludes halogenated alkanes) is 68. The SMILES string of the molecule is CCCCCCCCCC/C=C\CCCCCCCCCCCCCCCCCCCCCCCCCCCCCC(=O)OC(COC(=O)CCCCCCCCCCCCCCCCCCCCCCCCCCC/C=C\CCCCCCCCCC)COP(=O)(O)OCC[N+](C)(C)C. The van der Waals surface area contributed by atoms with Crippen LogP contribution in [0.15, 0.2) is 24.3 Å². The van der Waals surface area contributed by atoms with Gasteiger partial charge in [0.05, 0.1) is 27.7 Å². The van der Waals surface area contributed by atoms with Crippen LogP contribution in [-0.4, -0.2) is 74.9 Å². The van der Waals surface area contributed by atoms with Crippen molar-refractivity contribution in [1.82, 2.24) is 0 Å². The fourth-order valence-electron chi connectivity index (χ4n) is 14.1. The molecule has 0 saturated carbocycles. The van der Waals surface area contributed by atoms with Crippen LogP contribution in [0.2, 0.25) is 0 Å². The second kappa shape index (κ2) is 81.6. The van der Waals surface area contributed by atoms with Crippen molar-refractivity contribution >= 4 is 19.8 Å². The number of likely N-dealkylation sites (N-methyl/N-ethyl adjacent to an activating group) is 1. The molecule has 0 amide bonds. The molecule has 0 aromatic heterocycles. The number of rotatable bonds is 86. The minimum Gasteiger partial charge on any atom is -0.462 e. The van der Waals surface area contributed by atoms with Crippen molar-refractivity contribution in [2.24, 2.45) is 0 Å². The number of quaternary nitrogens is 1. The molecule has 100 heavy (non-hydrogen) atoms. The fourth-order valence-corrected chi connectivity index (χ4v) is 14.8. The highest BCUT2D eigenvalue weighted by atomic mass is 31.2. The summed E-state index contributed by atoms with van der Waals surface area (Å²) in [6.07, 6.45) is 107. The van der Waals surface area contributed by atoms with E-state index in [-0.39, 0.29) is 25.6 Å². The number of nitrogens with zero attached hydrogens (tertiary/aromatic N) is 1. The lowest BCUT2D eigenvalue weighted by Crippen LogP contribution is -2.37. The summed E-state index contributed by atoms with van der Waals surface area (Å²) < 4.78 is 34.9. The molecule has 0 radical (unpaired) electrons. The van der Waals surface area contributed by atoms with E-state index in [4.69, 9.17) is 18.5 Å². The van der Waals surface area contributed by atoms with E-state index in [1.165, 1.54) is 424 Å². The third-order valence-electron chi connectivity index (χ3n) is 21.0. The van der Waals surface area contributed by atoms with Crippen molar-refractivity contribution < 1.29 is 42.1 Å². The fraction of sp³-hybridized carbons (Fsp3) is 0.933. The Morgan fingerprint density at radius 2 is 0.510 bits per heavy atom. The van der Waals surface area contributed by atoms with Crippen LogP contribution in [0.25, 0.3) is 0 Å². The highest BCUT2D eigenvalue weighted by molar-refractivity contribution is 7.47. The van der Waals surface area contributed by atoms with E-state index in [2.05, 4.69) is 38.2 Å². The number of phosphoric acid groups is 1. The smallest absolute Gasteiger partial charge is 0.462 e. The van der Waals surface area contributed by atoms with Crippen molar-refractivity contribution in [3.63, 3.8) is 0 Å². The van der Waals surface area contributed by atoms with Gasteiger partial charge in [-0.25, -0.2) is 4.57 Å². The van der Waals surface area contributed by atoms with E-state index < -0.39 is 26.5 Å². The zero-order valence-corrected chi connectivity index (χ0v) is 69.1.